The Balaban J connectivity index is 1.74. The van der Waals surface area contributed by atoms with Gasteiger partial charge in [0.15, 0.2) is 6.10 Å². The molecule has 1 fully saturated rings. The van der Waals surface area contributed by atoms with Crippen LogP contribution < -0.4 is 15.8 Å². The largest absolute Gasteiger partial charge is 0.481 e. The summed E-state index contributed by atoms with van der Waals surface area (Å²) in [6.07, 6.45) is 2.41. The van der Waals surface area contributed by atoms with Gasteiger partial charge in [-0.1, -0.05) is 0 Å². The van der Waals surface area contributed by atoms with Crippen molar-refractivity contribution in [3.63, 3.8) is 0 Å². The van der Waals surface area contributed by atoms with Crippen LogP contribution >= 0.6 is 0 Å². The summed E-state index contributed by atoms with van der Waals surface area (Å²) in [7, 11) is 0. The number of rotatable bonds is 2. The maximum absolute atomic E-state index is 5.82. The molecule has 0 aromatic heterocycles. The summed E-state index contributed by atoms with van der Waals surface area (Å²) in [5, 5.41) is 3.30. The quantitative estimate of drug-likeness (QED) is 0.799. The maximum atomic E-state index is 5.82. The molecule has 0 spiro atoms. The van der Waals surface area contributed by atoms with E-state index >= 15 is 0 Å². The van der Waals surface area contributed by atoms with E-state index in [-0.39, 0.29) is 12.2 Å². The highest BCUT2D eigenvalue weighted by molar-refractivity contribution is 6.02. The van der Waals surface area contributed by atoms with Gasteiger partial charge >= 0.3 is 0 Å². The fourth-order valence-corrected chi connectivity index (χ4v) is 2.39. The van der Waals surface area contributed by atoms with Crippen LogP contribution in [0.1, 0.15) is 19.8 Å². The number of nitrogens with one attached hydrogen (secondary N) is 1. The standard InChI is InChI=1S/C14H19N3O2/c1-9-14(16-8-11-3-2-6-18-11)17-12-7-10(15)4-5-13(12)19-9/h4-5,7,9,11H,2-3,6,8,15H2,1H3,(H,16,17). The van der Waals surface area contributed by atoms with Crippen molar-refractivity contribution in [1.29, 1.82) is 0 Å². The average molecular weight is 261 g/mol. The third-order valence-electron chi connectivity index (χ3n) is 3.44. The molecule has 0 saturated carbocycles. The minimum absolute atomic E-state index is 0.0717. The Bertz CT molecular complexity index is 495. The second-order valence-electron chi connectivity index (χ2n) is 5.00. The molecule has 5 nitrogen and oxygen atoms in total. The van der Waals surface area contributed by atoms with Crippen molar-refractivity contribution in [2.75, 3.05) is 24.2 Å². The molecule has 5 heteroatoms. The average Bonchev–Trinajstić information content (AvgIpc) is 2.90. The number of nitrogen functional groups attached to an aromatic ring is 1. The van der Waals surface area contributed by atoms with Crippen LogP contribution in [0.3, 0.4) is 0 Å². The summed E-state index contributed by atoms with van der Waals surface area (Å²) >= 11 is 0. The Morgan fingerprint density at radius 2 is 2.37 bits per heavy atom. The van der Waals surface area contributed by atoms with E-state index in [0.717, 1.165) is 36.7 Å². The van der Waals surface area contributed by atoms with E-state index in [1.807, 2.05) is 25.1 Å². The summed E-state index contributed by atoms with van der Waals surface area (Å²) in [5.74, 6) is 1.66. The Morgan fingerprint density at radius 3 is 3.16 bits per heavy atom. The van der Waals surface area contributed by atoms with E-state index in [1.54, 1.807) is 0 Å². The van der Waals surface area contributed by atoms with Gasteiger partial charge in [0, 0.05) is 12.3 Å². The number of nitrogens with two attached hydrogens (primary N) is 1. The second-order valence-corrected chi connectivity index (χ2v) is 5.00. The van der Waals surface area contributed by atoms with Crippen LogP contribution in [0.5, 0.6) is 5.75 Å². The molecule has 1 saturated heterocycles. The third-order valence-corrected chi connectivity index (χ3v) is 3.44. The zero-order chi connectivity index (χ0) is 13.2. The summed E-state index contributed by atoms with van der Waals surface area (Å²) in [4.78, 5) is 4.59. The first-order chi connectivity index (χ1) is 9.22. The molecule has 2 atom stereocenters. The van der Waals surface area contributed by atoms with E-state index in [9.17, 15) is 0 Å². The molecule has 102 valence electrons. The highest BCUT2D eigenvalue weighted by atomic mass is 16.5. The van der Waals surface area contributed by atoms with Crippen LogP contribution in [0.4, 0.5) is 11.4 Å². The summed E-state index contributed by atoms with van der Waals surface area (Å²) < 4.78 is 11.4. The number of amidine groups is 1. The van der Waals surface area contributed by atoms with Gasteiger partial charge in [-0.2, -0.15) is 0 Å². The molecule has 3 N–H and O–H groups in total. The third kappa shape index (κ3) is 2.66. The molecular weight excluding hydrogens is 242 g/mol. The minimum atomic E-state index is -0.0717. The number of fused-ring (bicyclic) bond motifs is 1. The number of benzene rings is 1. The van der Waals surface area contributed by atoms with Crippen LogP contribution in [-0.2, 0) is 4.74 Å². The number of anilines is 2. The molecule has 0 radical (unpaired) electrons. The highest BCUT2D eigenvalue weighted by Crippen LogP contribution is 2.31. The lowest BCUT2D eigenvalue weighted by atomic mass is 10.2. The van der Waals surface area contributed by atoms with Gasteiger partial charge < -0.3 is 20.5 Å². The van der Waals surface area contributed by atoms with Crippen molar-refractivity contribution in [2.24, 2.45) is 4.99 Å². The van der Waals surface area contributed by atoms with E-state index in [1.165, 1.54) is 0 Å². The molecule has 1 aromatic rings. The van der Waals surface area contributed by atoms with E-state index in [0.29, 0.717) is 12.2 Å². The summed E-state index contributed by atoms with van der Waals surface area (Å²) in [6.45, 7) is 3.53. The molecule has 19 heavy (non-hydrogen) atoms. The van der Waals surface area contributed by atoms with Crippen LogP contribution in [0, 0.1) is 0 Å². The Morgan fingerprint density at radius 1 is 1.47 bits per heavy atom. The fraction of sp³-hybridized carbons (Fsp3) is 0.500. The molecule has 0 bridgehead atoms. The van der Waals surface area contributed by atoms with Gasteiger partial charge in [-0.25, -0.2) is 0 Å². The maximum Gasteiger partial charge on any atom is 0.153 e. The van der Waals surface area contributed by atoms with Crippen molar-refractivity contribution < 1.29 is 9.47 Å². The van der Waals surface area contributed by atoms with Crippen molar-refractivity contribution in [1.82, 2.24) is 0 Å². The zero-order valence-corrected chi connectivity index (χ0v) is 11.1. The number of nitrogens with zero attached hydrogens (tertiary/aromatic N) is 1. The fourth-order valence-electron chi connectivity index (χ4n) is 2.39. The van der Waals surface area contributed by atoms with E-state index < -0.39 is 0 Å². The lowest BCUT2D eigenvalue weighted by Gasteiger charge is -2.27. The lowest BCUT2D eigenvalue weighted by molar-refractivity contribution is 0.117. The van der Waals surface area contributed by atoms with Crippen molar-refractivity contribution >= 4 is 17.2 Å². The molecule has 1 aromatic carbocycles. The molecule has 2 aliphatic heterocycles. The van der Waals surface area contributed by atoms with Crippen molar-refractivity contribution in [2.45, 2.75) is 32.0 Å². The molecule has 2 aliphatic rings. The predicted molar refractivity (Wildman–Crippen MR) is 75.8 cm³/mol. The number of hydrogen-bond acceptors (Lipinski definition) is 4. The molecule has 0 amide bonds. The normalized spacial score (nSPS) is 27.7. The van der Waals surface area contributed by atoms with Crippen molar-refractivity contribution in [3.8, 4) is 5.75 Å². The number of ether oxygens (including phenoxy) is 2. The molecule has 0 aliphatic carbocycles. The van der Waals surface area contributed by atoms with Gasteiger partial charge in [0.25, 0.3) is 0 Å². The van der Waals surface area contributed by atoms with Gasteiger partial charge in [-0.05, 0) is 38.0 Å². The Kier molecular flexibility index (Phi) is 3.29. The van der Waals surface area contributed by atoms with Crippen LogP contribution in [-0.4, -0.2) is 31.2 Å². The molecule has 3 rings (SSSR count). The van der Waals surface area contributed by atoms with Gasteiger partial charge in [0.05, 0.1) is 18.3 Å². The van der Waals surface area contributed by atoms with Gasteiger partial charge in [0.2, 0.25) is 0 Å². The second kappa shape index (κ2) is 5.09. The molecular formula is C14H19N3O2. The Labute approximate surface area is 112 Å². The number of hydrogen-bond donors (Lipinski definition) is 2. The lowest BCUT2D eigenvalue weighted by Crippen LogP contribution is -2.35. The highest BCUT2D eigenvalue weighted by Gasteiger charge is 2.23. The van der Waals surface area contributed by atoms with Crippen LogP contribution in [0.2, 0.25) is 0 Å². The molecule has 2 heterocycles. The van der Waals surface area contributed by atoms with Crippen LogP contribution in [0.25, 0.3) is 0 Å². The summed E-state index contributed by atoms with van der Waals surface area (Å²) in [6, 6.07) is 5.58. The van der Waals surface area contributed by atoms with Gasteiger partial charge in [-0.3, -0.25) is 4.99 Å². The first-order valence-electron chi connectivity index (χ1n) is 6.71. The van der Waals surface area contributed by atoms with Crippen LogP contribution in [0.15, 0.2) is 23.2 Å². The monoisotopic (exact) mass is 261 g/mol. The van der Waals surface area contributed by atoms with Gasteiger partial charge in [0.1, 0.15) is 11.6 Å². The first kappa shape index (κ1) is 12.3. The predicted octanol–water partition coefficient (Wildman–Crippen LogP) is 2.04. The van der Waals surface area contributed by atoms with Gasteiger partial charge in [-0.15, -0.1) is 0 Å². The first-order valence-corrected chi connectivity index (χ1v) is 6.71. The minimum Gasteiger partial charge on any atom is -0.481 e. The summed E-state index contributed by atoms with van der Waals surface area (Å²) in [5.41, 5.74) is 7.37. The van der Waals surface area contributed by atoms with E-state index in [2.05, 4.69) is 10.3 Å². The SMILES string of the molecule is CC1Oc2ccc(N)cc2NC1=NCC1CCCO1. The topological polar surface area (TPSA) is 68.9 Å². The van der Waals surface area contributed by atoms with Crippen molar-refractivity contribution in [3.05, 3.63) is 18.2 Å². The Hall–Kier alpha value is -1.75. The van der Waals surface area contributed by atoms with E-state index in [4.69, 9.17) is 15.2 Å². The number of aliphatic imine (C=N–C) groups is 1. The smallest absolute Gasteiger partial charge is 0.153 e. The molecule has 2 unspecified atom stereocenters. The zero-order valence-electron chi connectivity index (χ0n) is 11.1.